The van der Waals surface area contributed by atoms with Gasteiger partial charge in [0, 0.05) is 5.69 Å². The van der Waals surface area contributed by atoms with Crippen LogP contribution in [0.5, 0.6) is 0 Å². The third kappa shape index (κ3) is 2.87. The maximum atomic E-state index is 5.96. The second-order valence-electron chi connectivity index (χ2n) is 4.71. The highest BCUT2D eigenvalue weighted by atomic mass is 35.5. The number of aromatic nitrogens is 2. The van der Waals surface area contributed by atoms with Crippen LogP contribution in [0.2, 0.25) is 5.15 Å². The molecule has 0 saturated carbocycles. The topological polar surface area (TPSA) is 37.8 Å². The average molecular weight is 276 g/mol. The van der Waals surface area contributed by atoms with Crippen molar-refractivity contribution in [2.75, 3.05) is 5.32 Å². The summed E-state index contributed by atoms with van der Waals surface area (Å²) in [7, 11) is 0. The molecule has 4 heteroatoms. The first-order valence-corrected chi connectivity index (χ1v) is 6.76. The Hall–Kier alpha value is -1.61. The van der Waals surface area contributed by atoms with Gasteiger partial charge < -0.3 is 5.32 Å². The highest BCUT2D eigenvalue weighted by molar-refractivity contribution is 6.30. The van der Waals surface area contributed by atoms with E-state index in [0.717, 1.165) is 29.1 Å². The van der Waals surface area contributed by atoms with Crippen molar-refractivity contribution in [2.45, 2.75) is 34.1 Å². The second kappa shape index (κ2) is 5.57. The van der Waals surface area contributed by atoms with Crippen molar-refractivity contribution in [1.82, 2.24) is 10.2 Å². The lowest BCUT2D eigenvalue weighted by Gasteiger charge is -2.12. The van der Waals surface area contributed by atoms with Crippen LogP contribution in [0.3, 0.4) is 0 Å². The number of aryl methyl sites for hydroxylation is 2. The first kappa shape index (κ1) is 13.8. The molecular weight excluding hydrogens is 258 g/mol. The van der Waals surface area contributed by atoms with E-state index in [1.807, 2.05) is 13.8 Å². The van der Waals surface area contributed by atoms with Gasteiger partial charge in [0.25, 0.3) is 0 Å². The normalized spacial score (nSPS) is 10.6. The fraction of sp³-hybridized carbons (Fsp3) is 0.333. The molecule has 0 unspecified atom stereocenters. The maximum absolute atomic E-state index is 5.96. The molecular formula is C15H18ClN3. The van der Waals surface area contributed by atoms with E-state index in [0.29, 0.717) is 5.15 Å². The zero-order valence-electron chi connectivity index (χ0n) is 11.7. The van der Waals surface area contributed by atoms with Crippen molar-refractivity contribution >= 4 is 23.1 Å². The second-order valence-corrected chi connectivity index (χ2v) is 5.07. The van der Waals surface area contributed by atoms with Crippen LogP contribution >= 0.6 is 11.6 Å². The molecule has 0 saturated heterocycles. The Balaban J connectivity index is 2.34. The summed E-state index contributed by atoms with van der Waals surface area (Å²) in [5.41, 5.74) is 5.66. The van der Waals surface area contributed by atoms with Gasteiger partial charge in [-0.25, -0.2) is 0 Å². The van der Waals surface area contributed by atoms with Crippen LogP contribution in [0, 0.1) is 20.8 Å². The lowest BCUT2D eigenvalue weighted by atomic mass is 10.1. The minimum Gasteiger partial charge on any atom is -0.338 e. The van der Waals surface area contributed by atoms with Crippen molar-refractivity contribution < 1.29 is 0 Å². The zero-order chi connectivity index (χ0) is 14.0. The van der Waals surface area contributed by atoms with Gasteiger partial charge in [-0.15, -0.1) is 10.2 Å². The molecule has 0 amide bonds. The van der Waals surface area contributed by atoms with Crippen LogP contribution in [0.25, 0.3) is 0 Å². The predicted octanol–water partition coefficient (Wildman–Crippen LogP) is 4.36. The van der Waals surface area contributed by atoms with Gasteiger partial charge in [0.05, 0.1) is 0 Å². The summed E-state index contributed by atoms with van der Waals surface area (Å²) in [4.78, 5) is 0. The SMILES string of the molecule is CCc1cc(Nc2nnc(Cl)c(C)c2C)ccc1C. The Bertz CT molecular complexity index is 609. The number of anilines is 2. The Morgan fingerprint density at radius 1 is 1.11 bits per heavy atom. The molecule has 0 bridgehead atoms. The zero-order valence-corrected chi connectivity index (χ0v) is 12.5. The largest absolute Gasteiger partial charge is 0.338 e. The molecule has 0 spiro atoms. The van der Waals surface area contributed by atoms with E-state index < -0.39 is 0 Å². The number of halogens is 1. The number of rotatable bonds is 3. The van der Waals surface area contributed by atoms with E-state index >= 15 is 0 Å². The standard InChI is InChI=1S/C15H18ClN3/c1-5-12-8-13(7-6-9(12)2)17-15-11(4)10(3)14(16)18-19-15/h6-8H,5H2,1-4H3,(H,17,19). The Morgan fingerprint density at radius 2 is 1.84 bits per heavy atom. The molecule has 19 heavy (non-hydrogen) atoms. The number of nitrogens with one attached hydrogen (secondary N) is 1. The van der Waals surface area contributed by atoms with Crippen LogP contribution in [0.1, 0.15) is 29.2 Å². The molecule has 100 valence electrons. The highest BCUT2D eigenvalue weighted by Crippen LogP contribution is 2.25. The number of hydrogen-bond donors (Lipinski definition) is 1. The highest BCUT2D eigenvalue weighted by Gasteiger charge is 2.08. The van der Waals surface area contributed by atoms with Gasteiger partial charge in [-0.2, -0.15) is 0 Å². The third-order valence-electron chi connectivity index (χ3n) is 3.46. The van der Waals surface area contributed by atoms with Crippen molar-refractivity contribution in [1.29, 1.82) is 0 Å². The minimum absolute atomic E-state index is 0.459. The molecule has 0 aliphatic heterocycles. The summed E-state index contributed by atoms with van der Waals surface area (Å²) in [6.45, 7) is 8.22. The van der Waals surface area contributed by atoms with Crippen molar-refractivity contribution in [3.63, 3.8) is 0 Å². The third-order valence-corrected chi connectivity index (χ3v) is 3.82. The molecule has 0 aliphatic rings. The first-order valence-electron chi connectivity index (χ1n) is 6.38. The van der Waals surface area contributed by atoms with E-state index in [1.54, 1.807) is 0 Å². The molecule has 0 atom stereocenters. The van der Waals surface area contributed by atoms with Gasteiger partial charge >= 0.3 is 0 Å². The summed E-state index contributed by atoms with van der Waals surface area (Å²) in [6, 6.07) is 6.33. The van der Waals surface area contributed by atoms with Gasteiger partial charge in [0.15, 0.2) is 11.0 Å². The van der Waals surface area contributed by atoms with Gasteiger partial charge in [-0.3, -0.25) is 0 Å². The molecule has 1 aromatic heterocycles. The summed E-state index contributed by atoms with van der Waals surface area (Å²) < 4.78 is 0. The van der Waals surface area contributed by atoms with Gasteiger partial charge in [0.2, 0.25) is 0 Å². The van der Waals surface area contributed by atoms with E-state index in [9.17, 15) is 0 Å². The molecule has 0 aliphatic carbocycles. The molecule has 1 heterocycles. The molecule has 1 aromatic carbocycles. The summed E-state index contributed by atoms with van der Waals surface area (Å²) in [5, 5.41) is 11.8. The molecule has 3 nitrogen and oxygen atoms in total. The van der Waals surface area contributed by atoms with Crippen LogP contribution in [-0.4, -0.2) is 10.2 Å². The van der Waals surface area contributed by atoms with Crippen LogP contribution in [-0.2, 0) is 6.42 Å². The summed E-state index contributed by atoms with van der Waals surface area (Å²) >= 11 is 5.96. The summed E-state index contributed by atoms with van der Waals surface area (Å²) in [6.07, 6.45) is 1.02. The quantitative estimate of drug-likeness (QED) is 0.904. The van der Waals surface area contributed by atoms with Crippen LogP contribution in [0.4, 0.5) is 11.5 Å². The molecule has 1 N–H and O–H groups in total. The van der Waals surface area contributed by atoms with Crippen molar-refractivity contribution in [3.05, 3.63) is 45.6 Å². The van der Waals surface area contributed by atoms with E-state index in [4.69, 9.17) is 11.6 Å². The number of nitrogens with zero attached hydrogens (tertiary/aromatic N) is 2. The molecule has 0 fully saturated rings. The van der Waals surface area contributed by atoms with Crippen LogP contribution < -0.4 is 5.32 Å². The van der Waals surface area contributed by atoms with Crippen molar-refractivity contribution in [2.24, 2.45) is 0 Å². The predicted molar refractivity (Wildman–Crippen MR) is 80.4 cm³/mol. The lowest BCUT2D eigenvalue weighted by molar-refractivity contribution is 1.00. The number of hydrogen-bond acceptors (Lipinski definition) is 3. The minimum atomic E-state index is 0.459. The summed E-state index contributed by atoms with van der Waals surface area (Å²) in [5.74, 6) is 0.757. The van der Waals surface area contributed by atoms with E-state index in [2.05, 4.69) is 47.6 Å². The van der Waals surface area contributed by atoms with Crippen molar-refractivity contribution in [3.8, 4) is 0 Å². The fourth-order valence-electron chi connectivity index (χ4n) is 1.96. The molecule has 2 aromatic rings. The molecule has 0 radical (unpaired) electrons. The lowest BCUT2D eigenvalue weighted by Crippen LogP contribution is -2.02. The Labute approximate surface area is 119 Å². The van der Waals surface area contributed by atoms with Crippen LogP contribution in [0.15, 0.2) is 18.2 Å². The first-order chi connectivity index (χ1) is 9.02. The maximum Gasteiger partial charge on any atom is 0.156 e. The Morgan fingerprint density at radius 3 is 2.53 bits per heavy atom. The van der Waals surface area contributed by atoms with E-state index in [1.165, 1.54) is 11.1 Å². The number of benzene rings is 1. The van der Waals surface area contributed by atoms with E-state index in [-0.39, 0.29) is 0 Å². The van der Waals surface area contributed by atoms with Gasteiger partial charge in [-0.05, 0) is 61.6 Å². The molecule has 2 rings (SSSR count). The monoisotopic (exact) mass is 275 g/mol. The van der Waals surface area contributed by atoms with Gasteiger partial charge in [-0.1, -0.05) is 24.6 Å². The average Bonchev–Trinajstić information content (AvgIpc) is 2.41. The van der Waals surface area contributed by atoms with Gasteiger partial charge in [0.1, 0.15) is 0 Å². The fourth-order valence-corrected chi connectivity index (χ4v) is 2.14. The Kier molecular flexibility index (Phi) is 4.05. The smallest absolute Gasteiger partial charge is 0.156 e.